The smallest absolute Gasteiger partial charge is 0.345 e. The molecule has 1 aliphatic heterocycles. The summed E-state index contributed by atoms with van der Waals surface area (Å²) < 4.78 is 16.1. The summed E-state index contributed by atoms with van der Waals surface area (Å²) in [7, 11) is 0. The van der Waals surface area contributed by atoms with Crippen LogP contribution in [0.2, 0.25) is 5.02 Å². The summed E-state index contributed by atoms with van der Waals surface area (Å²) in [6, 6.07) is 7.77. The van der Waals surface area contributed by atoms with E-state index in [0.29, 0.717) is 40.9 Å². The molecule has 1 heterocycles. The molecule has 0 saturated carbocycles. The maximum absolute atomic E-state index is 12.3. The molecule has 0 saturated heterocycles. The molecule has 0 amide bonds. The Balaban J connectivity index is 1.79. The average Bonchev–Trinajstić information content (AvgIpc) is 2.59. The van der Waals surface area contributed by atoms with Gasteiger partial charge in [0.05, 0.1) is 9.95 Å². The first-order chi connectivity index (χ1) is 12.0. The minimum absolute atomic E-state index is 0.0892. The highest BCUT2D eigenvalue weighted by molar-refractivity contribution is 6.32. The highest BCUT2D eigenvalue weighted by Crippen LogP contribution is 2.38. The van der Waals surface area contributed by atoms with Gasteiger partial charge in [-0.2, -0.15) is 0 Å². The third kappa shape index (κ3) is 3.51. The van der Waals surface area contributed by atoms with Crippen LogP contribution in [0.5, 0.6) is 11.5 Å². The Labute approximate surface area is 148 Å². The Bertz CT molecular complexity index is 851. The Kier molecular flexibility index (Phi) is 4.76. The maximum Gasteiger partial charge on any atom is 0.345 e. The van der Waals surface area contributed by atoms with Crippen LogP contribution < -0.4 is 9.47 Å². The number of nitro benzene ring substituents is 1. The fourth-order valence-electron chi connectivity index (χ4n) is 2.54. The van der Waals surface area contributed by atoms with Crippen molar-refractivity contribution in [1.82, 2.24) is 0 Å². The van der Waals surface area contributed by atoms with E-state index >= 15 is 0 Å². The van der Waals surface area contributed by atoms with Gasteiger partial charge in [-0.1, -0.05) is 23.7 Å². The highest BCUT2D eigenvalue weighted by atomic mass is 35.5. The van der Waals surface area contributed by atoms with Gasteiger partial charge in [0.25, 0.3) is 5.69 Å². The van der Waals surface area contributed by atoms with Crippen LogP contribution in [0.1, 0.15) is 21.5 Å². The molecule has 0 radical (unpaired) electrons. The van der Waals surface area contributed by atoms with Crippen molar-refractivity contribution in [3.63, 3.8) is 0 Å². The number of hydrogen-bond acceptors (Lipinski definition) is 6. The van der Waals surface area contributed by atoms with E-state index in [1.54, 1.807) is 31.2 Å². The lowest BCUT2D eigenvalue weighted by molar-refractivity contribution is -0.385. The second-order valence-electron chi connectivity index (χ2n) is 5.41. The van der Waals surface area contributed by atoms with E-state index in [0.717, 1.165) is 0 Å². The van der Waals surface area contributed by atoms with Gasteiger partial charge in [-0.25, -0.2) is 4.79 Å². The van der Waals surface area contributed by atoms with Gasteiger partial charge in [0.2, 0.25) is 0 Å². The molecule has 130 valence electrons. The van der Waals surface area contributed by atoms with Crippen LogP contribution in [-0.2, 0) is 11.3 Å². The molecule has 25 heavy (non-hydrogen) atoms. The first kappa shape index (κ1) is 17.0. The van der Waals surface area contributed by atoms with E-state index in [9.17, 15) is 14.9 Å². The SMILES string of the molecule is Cc1cccc(C(=O)OCc2cc(Cl)c3c(c2)OCCO3)c1[N+](=O)[O-]. The van der Waals surface area contributed by atoms with Crippen LogP contribution in [0, 0.1) is 17.0 Å². The number of nitro groups is 1. The van der Waals surface area contributed by atoms with Crippen molar-refractivity contribution in [2.24, 2.45) is 0 Å². The molecule has 2 aromatic rings. The summed E-state index contributed by atoms with van der Waals surface area (Å²) in [6.07, 6.45) is 0. The van der Waals surface area contributed by atoms with E-state index in [-0.39, 0.29) is 17.9 Å². The number of para-hydroxylation sites is 1. The molecule has 1 aliphatic rings. The summed E-state index contributed by atoms with van der Waals surface area (Å²) >= 11 is 6.13. The second kappa shape index (κ2) is 6.98. The zero-order valence-corrected chi connectivity index (χ0v) is 14.0. The van der Waals surface area contributed by atoms with Crippen LogP contribution in [0.25, 0.3) is 0 Å². The van der Waals surface area contributed by atoms with E-state index < -0.39 is 10.9 Å². The molecule has 3 rings (SSSR count). The lowest BCUT2D eigenvalue weighted by atomic mass is 10.1. The quantitative estimate of drug-likeness (QED) is 0.467. The number of benzene rings is 2. The molecule has 0 unspecified atom stereocenters. The summed E-state index contributed by atoms with van der Waals surface area (Å²) in [5.74, 6) is 0.157. The summed E-state index contributed by atoms with van der Waals surface area (Å²) in [4.78, 5) is 22.8. The number of halogens is 1. The Morgan fingerprint density at radius 3 is 2.84 bits per heavy atom. The van der Waals surface area contributed by atoms with Crippen molar-refractivity contribution in [3.8, 4) is 11.5 Å². The number of carbonyl (C=O) groups is 1. The Morgan fingerprint density at radius 1 is 1.32 bits per heavy atom. The fraction of sp³-hybridized carbons (Fsp3) is 0.235. The third-order valence-corrected chi connectivity index (χ3v) is 3.95. The summed E-state index contributed by atoms with van der Waals surface area (Å²) in [5, 5.41) is 11.5. The zero-order valence-electron chi connectivity index (χ0n) is 13.3. The van der Waals surface area contributed by atoms with E-state index in [1.165, 1.54) is 6.07 Å². The normalized spacial score (nSPS) is 12.6. The minimum atomic E-state index is -0.776. The number of esters is 1. The largest absolute Gasteiger partial charge is 0.486 e. The fourth-order valence-corrected chi connectivity index (χ4v) is 2.83. The predicted molar refractivity (Wildman–Crippen MR) is 89.4 cm³/mol. The first-order valence-electron chi connectivity index (χ1n) is 7.46. The Morgan fingerprint density at radius 2 is 2.08 bits per heavy atom. The molecule has 0 atom stereocenters. The highest BCUT2D eigenvalue weighted by Gasteiger charge is 2.24. The number of rotatable bonds is 4. The van der Waals surface area contributed by atoms with Gasteiger partial charge in [-0.05, 0) is 30.7 Å². The van der Waals surface area contributed by atoms with Crippen LogP contribution in [0.3, 0.4) is 0 Å². The average molecular weight is 364 g/mol. The van der Waals surface area contributed by atoms with Crippen molar-refractivity contribution in [3.05, 3.63) is 62.2 Å². The minimum Gasteiger partial charge on any atom is -0.486 e. The van der Waals surface area contributed by atoms with Crippen LogP contribution in [-0.4, -0.2) is 24.1 Å². The van der Waals surface area contributed by atoms with Crippen molar-refractivity contribution in [1.29, 1.82) is 0 Å². The monoisotopic (exact) mass is 363 g/mol. The standard InChI is InChI=1S/C17H14ClNO6/c1-10-3-2-4-12(15(10)19(21)22)17(20)25-9-11-7-13(18)16-14(8-11)23-5-6-24-16/h2-4,7-8H,5-6,9H2,1H3. The van der Waals surface area contributed by atoms with Gasteiger partial charge >= 0.3 is 5.97 Å². The van der Waals surface area contributed by atoms with Crippen molar-refractivity contribution < 1.29 is 23.9 Å². The van der Waals surface area contributed by atoms with Crippen molar-refractivity contribution in [2.75, 3.05) is 13.2 Å². The van der Waals surface area contributed by atoms with E-state index in [4.69, 9.17) is 25.8 Å². The van der Waals surface area contributed by atoms with Gasteiger partial charge < -0.3 is 14.2 Å². The number of hydrogen-bond donors (Lipinski definition) is 0. The first-order valence-corrected chi connectivity index (χ1v) is 7.84. The molecule has 7 nitrogen and oxygen atoms in total. The molecule has 0 fully saturated rings. The molecule has 8 heteroatoms. The van der Waals surface area contributed by atoms with Gasteiger partial charge in [-0.3, -0.25) is 10.1 Å². The number of ether oxygens (including phenoxy) is 3. The number of fused-ring (bicyclic) bond motifs is 1. The number of aryl methyl sites for hydroxylation is 1. The summed E-state index contributed by atoms with van der Waals surface area (Å²) in [6.45, 7) is 2.29. The lowest BCUT2D eigenvalue weighted by Crippen LogP contribution is -2.16. The molecule has 0 N–H and O–H groups in total. The Hall–Kier alpha value is -2.80. The lowest BCUT2D eigenvalue weighted by Gasteiger charge is -2.20. The third-order valence-electron chi connectivity index (χ3n) is 3.67. The van der Waals surface area contributed by atoms with Gasteiger partial charge in [-0.15, -0.1) is 0 Å². The van der Waals surface area contributed by atoms with Crippen LogP contribution >= 0.6 is 11.6 Å². The van der Waals surface area contributed by atoms with Gasteiger partial charge in [0, 0.05) is 5.56 Å². The van der Waals surface area contributed by atoms with Crippen molar-refractivity contribution in [2.45, 2.75) is 13.5 Å². The van der Waals surface area contributed by atoms with Crippen LogP contribution in [0.4, 0.5) is 5.69 Å². The molecular weight excluding hydrogens is 350 g/mol. The van der Waals surface area contributed by atoms with Gasteiger partial charge in [0.1, 0.15) is 25.4 Å². The zero-order chi connectivity index (χ0) is 18.0. The summed E-state index contributed by atoms with van der Waals surface area (Å²) in [5.41, 5.74) is 0.640. The van der Waals surface area contributed by atoms with Crippen molar-refractivity contribution >= 4 is 23.3 Å². The molecular formula is C17H14ClNO6. The topological polar surface area (TPSA) is 87.9 Å². The number of nitrogens with zero attached hydrogens (tertiary/aromatic N) is 1. The predicted octanol–water partition coefficient (Wildman–Crippen LogP) is 3.68. The second-order valence-corrected chi connectivity index (χ2v) is 5.81. The molecule has 0 aliphatic carbocycles. The van der Waals surface area contributed by atoms with Crippen LogP contribution in [0.15, 0.2) is 30.3 Å². The molecule has 0 bridgehead atoms. The van der Waals surface area contributed by atoms with E-state index in [2.05, 4.69) is 0 Å². The molecule has 2 aromatic carbocycles. The molecule has 0 aromatic heterocycles. The number of carbonyl (C=O) groups excluding carboxylic acids is 1. The maximum atomic E-state index is 12.3. The molecule has 0 spiro atoms. The van der Waals surface area contributed by atoms with Gasteiger partial charge in [0.15, 0.2) is 11.5 Å². The van der Waals surface area contributed by atoms with E-state index in [1.807, 2.05) is 0 Å².